The zero-order valence-electron chi connectivity index (χ0n) is 12.8. The summed E-state index contributed by atoms with van der Waals surface area (Å²) in [6.07, 6.45) is 0.571. The molecule has 0 spiro atoms. The molecule has 0 aliphatic rings. The minimum absolute atomic E-state index is 0.0342. The number of thiophene rings is 1. The lowest BCUT2D eigenvalue weighted by molar-refractivity contribution is 0.102. The summed E-state index contributed by atoms with van der Waals surface area (Å²) in [5.74, 6) is 0.0342. The number of carbonyl (C=O) groups excluding carboxylic acids is 1. The van der Waals surface area contributed by atoms with Crippen molar-refractivity contribution in [2.45, 2.75) is 32.1 Å². The van der Waals surface area contributed by atoms with E-state index in [9.17, 15) is 13.2 Å². The molecule has 0 aliphatic heterocycles. The Morgan fingerprint density at radius 1 is 1.14 bits per heavy atom. The molecule has 0 saturated heterocycles. The molecule has 1 aromatic heterocycles. The summed E-state index contributed by atoms with van der Waals surface area (Å²) in [5, 5.41) is 0. The molecule has 118 valence electrons. The molecule has 4 nitrogen and oxygen atoms in total. The van der Waals surface area contributed by atoms with E-state index in [1.165, 1.54) is 18.3 Å². The number of aryl methyl sites for hydroxylation is 2. The van der Waals surface area contributed by atoms with Gasteiger partial charge in [0.15, 0.2) is 5.78 Å². The first kappa shape index (κ1) is 16.9. The summed E-state index contributed by atoms with van der Waals surface area (Å²) in [4.78, 5) is 13.2. The molecule has 0 amide bonds. The molecule has 2 rings (SSSR count). The van der Waals surface area contributed by atoms with E-state index in [1.54, 1.807) is 18.2 Å². The largest absolute Gasteiger partial charge is 0.294 e. The highest BCUT2D eigenvalue weighted by atomic mass is 32.2. The van der Waals surface area contributed by atoms with Crippen LogP contribution in [-0.4, -0.2) is 20.7 Å². The van der Waals surface area contributed by atoms with Gasteiger partial charge in [0.1, 0.15) is 0 Å². The molecule has 22 heavy (non-hydrogen) atoms. The standard InChI is InChI=1S/C16H19NO3S2/c1-11-4-6-15(10-12(11)2)22(19,20)17-9-8-14-5-7-16(21-14)13(3)18/h4-7,10,17H,8-9H2,1-3H3. The molecular weight excluding hydrogens is 318 g/mol. The van der Waals surface area contributed by atoms with Gasteiger partial charge in [-0.15, -0.1) is 11.3 Å². The van der Waals surface area contributed by atoms with E-state index in [4.69, 9.17) is 0 Å². The molecule has 1 N–H and O–H groups in total. The van der Waals surface area contributed by atoms with Crippen molar-refractivity contribution in [1.82, 2.24) is 4.72 Å². The van der Waals surface area contributed by atoms with Crippen molar-refractivity contribution in [2.24, 2.45) is 0 Å². The fourth-order valence-electron chi connectivity index (χ4n) is 1.97. The first-order chi connectivity index (χ1) is 10.3. The highest BCUT2D eigenvalue weighted by Gasteiger charge is 2.14. The lowest BCUT2D eigenvalue weighted by atomic mass is 10.1. The van der Waals surface area contributed by atoms with Crippen LogP contribution < -0.4 is 4.72 Å². The average molecular weight is 337 g/mol. The molecule has 0 saturated carbocycles. The summed E-state index contributed by atoms with van der Waals surface area (Å²) in [7, 11) is -3.49. The van der Waals surface area contributed by atoms with Crippen molar-refractivity contribution >= 4 is 27.1 Å². The van der Waals surface area contributed by atoms with Crippen LogP contribution in [0.1, 0.15) is 32.6 Å². The SMILES string of the molecule is CC(=O)c1ccc(CCNS(=O)(=O)c2ccc(C)c(C)c2)s1. The molecule has 1 aromatic carbocycles. The summed E-state index contributed by atoms with van der Waals surface area (Å²) in [5.41, 5.74) is 2.02. The predicted molar refractivity (Wildman–Crippen MR) is 89.1 cm³/mol. The third-order valence-electron chi connectivity index (χ3n) is 3.46. The van der Waals surface area contributed by atoms with Crippen LogP contribution in [-0.2, 0) is 16.4 Å². The Labute approximate surface area is 135 Å². The van der Waals surface area contributed by atoms with Crippen LogP contribution in [0.5, 0.6) is 0 Å². The Morgan fingerprint density at radius 3 is 2.45 bits per heavy atom. The van der Waals surface area contributed by atoms with Crippen LogP contribution in [0.15, 0.2) is 35.2 Å². The van der Waals surface area contributed by atoms with E-state index in [0.29, 0.717) is 17.8 Å². The number of hydrogen-bond acceptors (Lipinski definition) is 4. The Bertz CT molecular complexity index is 791. The van der Waals surface area contributed by atoms with Gasteiger partial charge in [0.25, 0.3) is 0 Å². The summed E-state index contributed by atoms with van der Waals surface area (Å²) in [6, 6.07) is 8.74. The number of rotatable bonds is 6. The van der Waals surface area contributed by atoms with Gasteiger partial charge in [-0.2, -0.15) is 0 Å². The number of ketones is 1. The van der Waals surface area contributed by atoms with E-state index in [0.717, 1.165) is 16.0 Å². The lowest BCUT2D eigenvalue weighted by Crippen LogP contribution is -2.25. The van der Waals surface area contributed by atoms with Gasteiger partial charge in [-0.3, -0.25) is 4.79 Å². The second-order valence-electron chi connectivity index (χ2n) is 5.22. The first-order valence-electron chi connectivity index (χ1n) is 6.96. The summed E-state index contributed by atoms with van der Waals surface area (Å²) in [6.45, 7) is 5.68. The van der Waals surface area contributed by atoms with Crippen molar-refractivity contribution in [3.05, 3.63) is 51.2 Å². The monoisotopic (exact) mass is 337 g/mol. The number of Topliss-reactive ketones (excluding diaryl/α,β-unsaturated/α-hetero) is 1. The van der Waals surface area contributed by atoms with Crippen molar-refractivity contribution < 1.29 is 13.2 Å². The predicted octanol–water partition coefficient (Wildman–Crippen LogP) is 3.09. The fraction of sp³-hybridized carbons (Fsp3) is 0.312. The maximum atomic E-state index is 12.2. The van der Waals surface area contributed by atoms with Gasteiger partial charge in [0.2, 0.25) is 10.0 Å². The van der Waals surface area contributed by atoms with Gasteiger partial charge in [-0.1, -0.05) is 6.07 Å². The van der Waals surface area contributed by atoms with Crippen LogP contribution in [0, 0.1) is 13.8 Å². The molecule has 0 bridgehead atoms. The second kappa shape index (κ2) is 6.73. The van der Waals surface area contributed by atoms with Gasteiger partial charge >= 0.3 is 0 Å². The quantitative estimate of drug-likeness (QED) is 0.824. The average Bonchev–Trinajstić information content (AvgIpc) is 2.90. The maximum absolute atomic E-state index is 12.2. The van der Waals surface area contributed by atoms with E-state index < -0.39 is 10.0 Å². The molecular formula is C16H19NO3S2. The van der Waals surface area contributed by atoms with Crippen LogP contribution in [0.4, 0.5) is 0 Å². The zero-order valence-corrected chi connectivity index (χ0v) is 14.5. The van der Waals surface area contributed by atoms with Gasteiger partial charge in [-0.25, -0.2) is 13.1 Å². The van der Waals surface area contributed by atoms with Crippen molar-refractivity contribution in [2.75, 3.05) is 6.54 Å². The maximum Gasteiger partial charge on any atom is 0.240 e. The van der Waals surface area contributed by atoms with E-state index >= 15 is 0 Å². The minimum Gasteiger partial charge on any atom is -0.294 e. The van der Waals surface area contributed by atoms with Gasteiger partial charge in [0.05, 0.1) is 9.77 Å². The number of carbonyl (C=O) groups is 1. The molecule has 0 fully saturated rings. The number of hydrogen-bond donors (Lipinski definition) is 1. The van der Waals surface area contributed by atoms with Gasteiger partial charge in [-0.05, 0) is 62.6 Å². The Morgan fingerprint density at radius 2 is 1.86 bits per heavy atom. The Kier molecular flexibility index (Phi) is 5.16. The summed E-state index contributed by atoms with van der Waals surface area (Å²) >= 11 is 1.41. The molecule has 0 atom stereocenters. The second-order valence-corrected chi connectivity index (χ2v) is 8.15. The highest BCUT2D eigenvalue weighted by Crippen LogP contribution is 2.18. The van der Waals surface area contributed by atoms with Gasteiger partial charge < -0.3 is 0 Å². The fourth-order valence-corrected chi connectivity index (χ4v) is 3.99. The topological polar surface area (TPSA) is 63.2 Å². The molecule has 6 heteroatoms. The van der Waals surface area contributed by atoms with E-state index in [-0.39, 0.29) is 10.7 Å². The first-order valence-corrected chi connectivity index (χ1v) is 9.26. The molecule has 1 heterocycles. The normalized spacial score (nSPS) is 11.6. The zero-order chi connectivity index (χ0) is 16.3. The summed E-state index contributed by atoms with van der Waals surface area (Å²) < 4.78 is 27.1. The van der Waals surface area contributed by atoms with E-state index in [1.807, 2.05) is 26.0 Å². The number of benzene rings is 1. The highest BCUT2D eigenvalue weighted by molar-refractivity contribution is 7.89. The van der Waals surface area contributed by atoms with Crippen LogP contribution in [0.3, 0.4) is 0 Å². The van der Waals surface area contributed by atoms with Crippen molar-refractivity contribution in [1.29, 1.82) is 0 Å². The van der Waals surface area contributed by atoms with Crippen LogP contribution >= 0.6 is 11.3 Å². The molecule has 0 unspecified atom stereocenters. The van der Waals surface area contributed by atoms with E-state index in [2.05, 4.69) is 4.72 Å². The minimum atomic E-state index is -3.49. The van der Waals surface area contributed by atoms with Crippen molar-refractivity contribution in [3.8, 4) is 0 Å². The third kappa shape index (κ3) is 4.03. The number of nitrogens with one attached hydrogen (secondary N) is 1. The van der Waals surface area contributed by atoms with Crippen LogP contribution in [0.25, 0.3) is 0 Å². The van der Waals surface area contributed by atoms with Gasteiger partial charge in [0, 0.05) is 11.4 Å². The smallest absolute Gasteiger partial charge is 0.240 e. The Balaban J connectivity index is 2.00. The van der Waals surface area contributed by atoms with Crippen LogP contribution in [0.2, 0.25) is 0 Å². The molecule has 2 aromatic rings. The Hall–Kier alpha value is -1.50. The number of sulfonamides is 1. The van der Waals surface area contributed by atoms with Crippen molar-refractivity contribution in [3.63, 3.8) is 0 Å². The lowest BCUT2D eigenvalue weighted by Gasteiger charge is -2.08. The molecule has 0 radical (unpaired) electrons. The third-order valence-corrected chi connectivity index (χ3v) is 6.17. The molecule has 0 aliphatic carbocycles.